The third kappa shape index (κ3) is 6.25. The van der Waals surface area contributed by atoms with Gasteiger partial charge in [-0.3, -0.25) is 9.67 Å². The van der Waals surface area contributed by atoms with E-state index in [1.807, 2.05) is 43.3 Å². The first kappa shape index (κ1) is 23.3. The largest absolute Gasteiger partial charge is 0.493 e. The second-order valence-corrected chi connectivity index (χ2v) is 7.25. The Bertz CT molecular complexity index is 802. The van der Waals surface area contributed by atoms with Crippen molar-refractivity contribution in [2.24, 2.45) is 12.0 Å². The summed E-state index contributed by atoms with van der Waals surface area (Å²) in [5, 5.41) is 7.67. The molecule has 1 fully saturated rings. The second kappa shape index (κ2) is 11.3. The predicted molar refractivity (Wildman–Crippen MR) is 126 cm³/mol. The van der Waals surface area contributed by atoms with E-state index in [-0.39, 0.29) is 30.1 Å². The molecule has 1 aliphatic rings. The molecule has 0 unspecified atom stereocenters. The third-order valence-corrected chi connectivity index (χ3v) is 5.06. The van der Waals surface area contributed by atoms with Crippen LogP contribution >= 0.6 is 24.0 Å². The van der Waals surface area contributed by atoms with Crippen LogP contribution in [0.25, 0.3) is 0 Å². The molecule has 1 aromatic heterocycles. The van der Waals surface area contributed by atoms with Gasteiger partial charge in [-0.05, 0) is 31.7 Å². The number of nitrogens with one attached hydrogen (secondary N) is 1. The molecule has 8 heteroatoms. The topological polar surface area (TPSA) is 63.9 Å². The SMILES string of the molecule is CN=C(NCc1cccc(OC)c1OC1CCCC1)N(C)Cc1cnn(C)c1.I. The van der Waals surface area contributed by atoms with Crippen LogP contribution < -0.4 is 14.8 Å². The first-order valence-corrected chi connectivity index (χ1v) is 9.82. The van der Waals surface area contributed by atoms with Gasteiger partial charge < -0.3 is 19.7 Å². The highest BCUT2D eigenvalue weighted by Crippen LogP contribution is 2.34. The minimum absolute atomic E-state index is 0. The minimum atomic E-state index is 0. The molecule has 1 N–H and O–H groups in total. The van der Waals surface area contributed by atoms with E-state index in [9.17, 15) is 0 Å². The standard InChI is InChI=1S/C21H31N5O2.HI/c1-22-21(25(2)14-16-12-24-26(3)15-16)23-13-17-8-7-11-19(27-4)20(17)28-18-9-5-6-10-18;/h7-8,11-12,15,18H,5-6,9-10,13-14H2,1-4H3,(H,22,23);1H. The van der Waals surface area contributed by atoms with Crippen molar-refractivity contribution in [3.05, 3.63) is 41.7 Å². The number of hydrogen-bond donors (Lipinski definition) is 1. The molecular weight excluding hydrogens is 481 g/mol. The van der Waals surface area contributed by atoms with Gasteiger partial charge >= 0.3 is 0 Å². The summed E-state index contributed by atoms with van der Waals surface area (Å²) in [6, 6.07) is 6.03. The van der Waals surface area contributed by atoms with Gasteiger partial charge in [0, 0.05) is 51.6 Å². The van der Waals surface area contributed by atoms with E-state index in [0.717, 1.165) is 48.0 Å². The van der Waals surface area contributed by atoms with E-state index in [0.29, 0.717) is 6.54 Å². The van der Waals surface area contributed by atoms with Crippen molar-refractivity contribution in [1.29, 1.82) is 0 Å². The van der Waals surface area contributed by atoms with E-state index in [2.05, 4.69) is 26.4 Å². The van der Waals surface area contributed by atoms with Gasteiger partial charge in [-0.1, -0.05) is 12.1 Å². The Kier molecular flexibility index (Phi) is 9.06. The van der Waals surface area contributed by atoms with Crippen LogP contribution in [0.1, 0.15) is 36.8 Å². The smallest absolute Gasteiger partial charge is 0.193 e. The molecule has 0 aliphatic heterocycles. The number of para-hydroxylation sites is 1. The summed E-state index contributed by atoms with van der Waals surface area (Å²) in [5.74, 6) is 2.44. The lowest BCUT2D eigenvalue weighted by Crippen LogP contribution is -2.38. The number of aliphatic imine (C=N–C) groups is 1. The molecule has 1 saturated carbocycles. The highest BCUT2D eigenvalue weighted by atomic mass is 127. The van der Waals surface area contributed by atoms with Crippen LogP contribution in [0.4, 0.5) is 0 Å². The van der Waals surface area contributed by atoms with Crippen molar-refractivity contribution >= 4 is 29.9 Å². The molecule has 2 aromatic rings. The Labute approximate surface area is 190 Å². The zero-order valence-electron chi connectivity index (χ0n) is 17.7. The van der Waals surface area contributed by atoms with Crippen molar-refractivity contribution in [1.82, 2.24) is 20.0 Å². The van der Waals surface area contributed by atoms with Crippen molar-refractivity contribution in [2.45, 2.75) is 44.9 Å². The van der Waals surface area contributed by atoms with Gasteiger partial charge in [0.1, 0.15) is 0 Å². The van der Waals surface area contributed by atoms with Crippen LogP contribution in [-0.2, 0) is 20.1 Å². The van der Waals surface area contributed by atoms with E-state index >= 15 is 0 Å². The monoisotopic (exact) mass is 513 g/mol. The number of benzene rings is 1. The molecule has 7 nitrogen and oxygen atoms in total. The molecule has 0 saturated heterocycles. The van der Waals surface area contributed by atoms with Crippen LogP contribution in [0.3, 0.4) is 0 Å². The lowest BCUT2D eigenvalue weighted by Gasteiger charge is -2.23. The maximum Gasteiger partial charge on any atom is 0.193 e. The average molecular weight is 513 g/mol. The van der Waals surface area contributed by atoms with Gasteiger partial charge in [-0.15, -0.1) is 24.0 Å². The van der Waals surface area contributed by atoms with Crippen LogP contribution in [0.2, 0.25) is 0 Å². The summed E-state index contributed by atoms with van der Waals surface area (Å²) in [6.07, 6.45) is 8.86. The van der Waals surface area contributed by atoms with E-state index < -0.39 is 0 Å². The second-order valence-electron chi connectivity index (χ2n) is 7.25. The van der Waals surface area contributed by atoms with Crippen molar-refractivity contribution in [3.63, 3.8) is 0 Å². The lowest BCUT2D eigenvalue weighted by molar-refractivity contribution is 0.198. The number of hydrogen-bond acceptors (Lipinski definition) is 4. The first-order valence-electron chi connectivity index (χ1n) is 9.82. The van der Waals surface area contributed by atoms with Crippen molar-refractivity contribution in [2.75, 3.05) is 21.2 Å². The molecule has 1 heterocycles. The quantitative estimate of drug-likeness (QED) is 0.349. The summed E-state index contributed by atoms with van der Waals surface area (Å²) in [6.45, 7) is 1.35. The molecule has 0 spiro atoms. The fraction of sp³-hybridized carbons (Fsp3) is 0.524. The summed E-state index contributed by atoms with van der Waals surface area (Å²) in [5.41, 5.74) is 2.21. The summed E-state index contributed by atoms with van der Waals surface area (Å²) in [4.78, 5) is 6.49. The first-order chi connectivity index (χ1) is 13.6. The lowest BCUT2D eigenvalue weighted by atomic mass is 10.1. The molecule has 29 heavy (non-hydrogen) atoms. The van der Waals surface area contributed by atoms with Crippen LogP contribution in [0, 0.1) is 0 Å². The van der Waals surface area contributed by atoms with Crippen LogP contribution in [0.15, 0.2) is 35.6 Å². The molecule has 3 rings (SSSR count). The van der Waals surface area contributed by atoms with Gasteiger partial charge in [0.15, 0.2) is 17.5 Å². The Hall–Kier alpha value is -1.97. The number of methoxy groups -OCH3 is 1. The summed E-state index contributed by atoms with van der Waals surface area (Å²) >= 11 is 0. The zero-order valence-corrected chi connectivity index (χ0v) is 20.1. The average Bonchev–Trinajstić information content (AvgIpc) is 3.35. The molecule has 1 aromatic carbocycles. The number of rotatable bonds is 7. The maximum absolute atomic E-state index is 6.32. The van der Waals surface area contributed by atoms with Gasteiger partial charge in [0.25, 0.3) is 0 Å². The minimum Gasteiger partial charge on any atom is -0.493 e. The Morgan fingerprint density at radius 3 is 2.72 bits per heavy atom. The van der Waals surface area contributed by atoms with Gasteiger partial charge in [0.05, 0.1) is 19.4 Å². The molecule has 0 radical (unpaired) electrons. The molecule has 1 aliphatic carbocycles. The Morgan fingerprint density at radius 2 is 2.10 bits per heavy atom. The highest BCUT2D eigenvalue weighted by molar-refractivity contribution is 14.0. The third-order valence-electron chi connectivity index (χ3n) is 5.06. The van der Waals surface area contributed by atoms with Gasteiger partial charge in [-0.25, -0.2) is 0 Å². The number of aryl methyl sites for hydroxylation is 1. The number of aromatic nitrogens is 2. The van der Waals surface area contributed by atoms with Crippen molar-refractivity contribution in [3.8, 4) is 11.5 Å². The molecule has 160 valence electrons. The fourth-order valence-electron chi connectivity index (χ4n) is 3.63. The molecular formula is C21H32IN5O2. The number of ether oxygens (including phenoxy) is 2. The van der Waals surface area contributed by atoms with Crippen molar-refractivity contribution < 1.29 is 9.47 Å². The fourth-order valence-corrected chi connectivity index (χ4v) is 3.63. The number of guanidine groups is 1. The highest BCUT2D eigenvalue weighted by Gasteiger charge is 2.20. The zero-order chi connectivity index (χ0) is 19.9. The molecule has 0 bridgehead atoms. The normalized spacial score (nSPS) is 14.4. The Balaban J connectivity index is 0.00000300. The van der Waals surface area contributed by atoms with Gasteiger partial charge in [0.2, 0.25) is 0 Å². The predicted octanol–water partition coefficient (Wildman–Crippen LogP) is 3.58. The van der Waals surface area contributed by atoms with E-state index in [1.54, 1.807) is 14.2 Å². The van der Waals surface area contributed by atoms with Crippen LogP contribution in [0.5, 0.6) is 11.5 Å². The number of halogens is 1. The number of nitrogens with zero attached hydrogens (tertiary/aromatic N) is 4. The van der Waals surface area contributed by atoms with Gasteiger partial charge in [-0.2, -0.15) is 5.10 Å². The van der Waals surface area contributed by atoms with E-state index in [1.165, 1.54) is 12.8 Å². The Morgan fingerprint density at radius 1 is 1.34 bits per heavy atom. The summed E-state index contributed by atoms with van der Waals surface area (Å²) in [7, 11) is 7.42. The van der Waals surface area contributed by atoms with Crippen LogP contribution in [-0.4, -0.2) is 47.9 Å². The maximum atomic E-state index is 6.32. The molecule has 0 atom stereocenters. The van der Waals surface area contributed by atoms with E-state index in [4.69, 9.17) is 9.47 Å². The summed E-state index contributed by atoms with van der Waals surface area (Å²) < 4.78 is 13.7. The molecule has 0 amide bonds.